The van der Waals surface area contributed by atoms with Crippen LogP contribution in [0.3, 0.4) is 0 Å². The third-order valence-electron chi connectivity index (χ3n) is 1.36. The van der Waals surface area contributed by atoms with Crippen LogP contribution in [0.2, 0.25) is 0 Å². The van der Waals surface area contributed by atoms with Gasteiger partial charge in [0.1, 0.15) is 7.85 Å². The van der Waals surface area contributed by atoms with Crippen LogP contribution in [0.4, 0.5) is 0 Å². The van der Waals surface area contributed by atoms with Gasteiger partial charge in [-0.2, -0.15) is 0 Å². The molecule has 4 radical (unpaired) electrons. The Morgan fingerprint density at radius 1 is 1.27 bits per heavy atom. The van der Waals surface area contributed by atoms with Gasteiger partial charge in [-0.3, -0.25) is 0 Å². The molecule has 0 bridgehead atoms. The van der Waals surface area contributed by atoms with Crippen molar-refractivity contribution in [2.75, 3.05) is 0 Å². The maximum Gasteiger partial charge on any atom is 0.374 e. The van der Waals surface area contributed by atoms with Crippen LogP contribution in [0, 0.1) is 0 Å². The van der Waals surface area contributed by atoms with Crippen molar-refractivity contribution in [3.8, 4) is 5.75 Å². The molecule has 11 heavy (non-hydrogen) atoms. The maximum atomic E-state index is 8.89. The lowest BCUT2D eigenvalue weighted by Crippen LogP contribution is -1.95. The van der Waals surface area contributed by atoms with Gasteiger partial charge in [-0.15, -0.1) is 0 Å². The van der Waals surface area contributed by atoms with Crippen molar-refractivity contribution in [2.24, 2.45) is 0 Å². The molecule has 1 unspecified atom stereocenters. The normalized spacial score (nSPS) is 12.5. The van der Waals surface area contributed by atoms with Crippen LogP contribution < -0.4 is 4.65 Å². The Morgan fingerprint density at radius 2 is 1.82 bits per heavy atom. The molecule has 52 valence electrons. The first-order valence-electron chi connectivity index (χ1n) is 3.14. The molecule has 0 saturated heterocycles. The van der Waals surface area contributed by atoms with Gasteiger partial charge in [0.2, 0.25) is 0 Å². The zero-order valence-electron chi connectivity index (χ0n) is 5.90. The predicted octanol–water partition coefficient (Wildman–Crippen LogP) is 0.308. The van der Waals surface area contributed by atoms with E-state index in [1.165, 1.54) is 0 Å². The average molecular weight is 144 g/mol. The Labute approximate surface area is 68.0 Å². The highest BCUT2D eigenvalue weighted by molar-refractivity contribution is 6.11. The van der Waals surface area contributed by atoms with Crippen LogP contribution in [-0.2, 0) is 0 Å². The molecule has 4 heteroatoms. The number of hydrogen-bond donors (Lipinski definition) is 1. The summed E-state index contributed by atoms with van der Waals surface area (Å²) >= 11 is 0. The second-order valence-corrected chi connectivity index (χ2v) is 2.13. The molecule has 0 amide bonds. The van der Waals surface area contributed by atoms with E-state index in [0.717, 1.165) is 0 Å². The summed E-state index contributed by atoms with van der Waals surface area (Å²) in [6, 6.07) is 5.61. The summed E-state index contributed by atoms with van der Waals surface area (Å²) in [6.07, 6.45) is 0. The van der Waals surface area contributed by atoms with Gasteiger partial charge in [-0.25, -0.2) is 0 Å². The molecular formula is C7H6B2O2. The fraction of sp³-hybridized carbons (Fsp3) is 0.143. The Morgan fingerprint density at radius 3 is 2.18 bits per heavy atom. The van der Waals surface area contributed by atoms with E-state index in [0.29, 0.717) is 11.3 Å². The topological polar surface area (TPSA) is 29.5 Å². The number of hydrogen-bond acceptors (Lipinski definition) is 2. The highest BCUT2D eigenvalue weighted by Gasteiger charge is 1.98. The SMILES string of the molecule is [B]Oc1ccc(C([B])O)cc1. The van der Waals surface area contributed by atoms with Crippen molar-refractivity contribution >= 4 is 15.9 Å². The number of aliphatic hydroxyl groups is 1. The summed E-state index contributed by atoms with van der Waals surface area (Å²) in [7, 11) is 10.1. The molecule has 1 rings (SSSR count). The third kappa shape index (κ3) is 2.02. The van der Waals surface area contributed by atoms with Crippen LogP contribution in [0.15, 0.2) is 24.3 Å². The highest BCUT2D eigenvalue weighted by atomic mass is 16.4. The molecule has 0 aliphatic rings. The van der Waals surface area contributed by atoms with Gasteiger partial charge in [0.15, 0.2) is 0 Å². The highest BCUT2D eigenvalue weighted by Crippen LogP contribution is 2.14. The molecule has 0 spiro atoms. The third-order valence-corrected chi connectivity index (χ3v) is 1.36. The molecular weight excluding hydrogens is 138 g/mol. The Hall–Kier alpha value is -0.890. The van der Waals surface area contributed by atoms with Gasteiger partial charge >= 0.3 is 8.05 Å². The molecule has 0 heterocycles. The molecule has 0 aliphatic heterocycles. The summed E-state index contributed by atoms with van der Waals surface area (Å²) in [5.74, 6) is 0.536. The Bertz CT molecular complexity index is 220. The largest absolute Gasteiger partial charge is 0.568 e. The minimum Gasteiger partial charge on any atom is -0.568 e. The minimum absolute atomic E-state index is 0.536. The summed E-state index contributed by atoms with van der Waals surface area (Å²) < 4.78 is 4.43. The van der Waals surface area contributed by atoms with E-state index in [1.54, 1.807) is 24.3 Å². The summed E-state index contributed by atoms with van der Waals surface area (Å²) in [5.41, 5.74) is 0.630. The molecule has 0 aliphatic carbocycles. The molecule has 0 saturated carbocycles. The van der Waals surface area contributed by atoms with Crippen molar-refractivity contribution < 1.29 is 9.76 Å². The molecule has 0 fully saturated rings. The quantitative estimate of drug-likeness (QED) is 0.604. The van der Waals surface area contributed by atoms with Gasteiger partial charge < -0.3 is 9.76 Å². The molecule has 2 nitrogen and oxygen atoms in total. The van der Waals surface area contributed by atoms with Gasteiger partial charge in [-0.05, 0) is 17.7 Å². The van der Waals surface area contributed by atoms with E-state index >= 15 is 0 Å². The average Bonchev–Trinajstić information content (AvgIpc) is 2.05. The zero-order valence-corrected chi connectivity index (χ0v) is 5.90. The first-order valence-corrected chi connectivity index (χ1v) is 3.14. The standard InChI is InChI=1S/C7H6B2O2/c8-7(10)5-1-3-6(11-9)4-2-5/h1-4,7,10H. The van der Waals surface area contributed by atoms with E-state index in [9.17, 15) is 0 Å². The summed E-state index contributed by atoms with van der Waals surface area (Å²) in [5, 5.41) is 8.89. The first kappa shape index (κ1) is 8.21. The number of rotatable bonds is 2. The fourth-order valence-electron chi connectivity index (χ4n) is 0.744. The number of benzene rings is 1. The van der Waals surface area contributed by atoms with Crippen LogP contribution in [0.5, 0.6) is 5.75 Å². The molecule has 0 aromatic heterocycles. The summed E-state index contributed by atoms with van der Waals surface area (Å²) in [6.45, 7) is 0. The number of aliphatic hydroxyl groups excluding tert-OH is 1. The molecule has 1 aromatic carbocycles. The zero-order chi connectivity index (χ0) is 8.27. The van der Waals surface area contributed by atoms with E-state index in [4.69, 9.17) is 21.0 Å². The minimum atomic E-state index is -0.943. The van der Waals surface area contributed by atoms with Crippen LogP contribution >= 0.6 is 0 Å². The second kappa shape index (κ2) is 3.49. The van der Waals surface area contributed by atoms with Crippen molar-refractivity contribution in [2.45, 2.75) is 6.00 Å². The molecule has 1 N–H and O–H groups in total. The Kier molecular flexibility index (Phi) is 2.60. The predicted molar refractivity (Wildman–Crippen MR) is 43.5 cm³/mol. The van der Waals surface area contributed by atoms with E-state index in [2.05, 4.69) is 4.65 Å². The van der Waals surface area contributed by atoms with Gasteiger partial charge in [0.25, 0.3) is 0 Å². The van der Waals surface area contributed by atoms with Crippen molar-refractivity contribution in [1.82, 2.24) is 0 Å². The van der Waals surface area contributed by atoms with Crippen molar-refractivity contribution in [1.29, 1.82) is 0 Å². The van der Waals surface area contributed by atoms with Crippen LogP contribution in [-0.4, -0.2) is 21.0 Å². The monoisotopic (exact) mass is 144 g/mol. The van der Waals surface area contributed by atoms with E-state index in [1.807, 2.05) is 0 Å². The van der Waals surface area contributed by atoms with Gasteiger partial charge in [0, 0.05) is 6.00 Å². The molecule has 1 atom stereocenters. The van der Waals surface area contributed by atoms with E-state index in [-0.39, 0.29) is 0 Å². The second-order valence-electron chi connectivity index (χ2n) is 2.13. The first-order chi connectivity index (χ1) is 5.24. The summed E-state index contributed by atoms with van der Waals surface area (Å²) in [4.78, 5) is 0. The van der Waals surface area contributed by atoms with E-state index < -0.39 is 6.00 Å². The Balaban J connectivity index is 2.83. The lowest BCUT2D eigenvalue weighted by molar-refractivity contribution is 0.262. The fourth-order valence-corrected chi connectivity index (χ4v) is 0.744. The maximum absolute atomic E-state index is 8.89. The molecule has 1 aromatic rings. The smallest absolute Gasteiger partial charge is 0.374 e. The van der Waals surface area contributed by atoms with Crippen LogP contribution in [0.1, 0.15) is 11.6 Å². The van der Waals surface area contributed by atoms with Gasteiger partial charge in [0.05, 0.1) is 5.75 Å². The van der Waals surface area contributed by atoms with Crippen molar-refractivity contribution in [3.63, 3.8) is 0 Å². The van der Waals surface area contributed by atoms with Crippen LogP contribution in [0.25, 0.3) is 0 Å². The van der Waals surface area contributed by atoms with Gasteiger partial charge in [-0.1, -0.05) is 12.1 Å². The lowest BCUT2D eigenvalue weighted by atomic mass is 9.92. The van der Waals surface area contributed by atoms with Crippen molar-refractivity contribution in [3.05, 3.63) is 29.8 Å². The lowest BCUT2D eigenvalue weighted by Gasteiger charge is -2.05.